The minimum atomic E-state index is -3.68. The molecule has 1 N–H and O–H groups in total. The van der Waals surface area contributed by atoms with Gasteiger partial charge in [-0.2, -0.15) is 4.31 Å². The molecule has 1 aliphatic rings. The van der Waals surface area contributed by atoms with Crippen LogP contribution in [0.2, 0.25) is 0 Å². The lowest BCUT2D eigenvalue weighted by molar-refractivity contribution is -0.112. The third-order valence-corrected chi connectivity index (χ3v) is 10.2. The van der Waals surface area contributed by atoms with Gasteiger partial charge in [0.05, 0.1) is 29.2 Å². The number of rotatable bonds is 8. The Hall–Kier alpha value is -4.77. The molecule has 0 saturated carbocycles. The van der Waals surface area contributed by atoms with Gasteiger partial charge in [-0.05, 0) is 47.9 Å². The zero-order valence-electron chi connectivity index (χ0n) is 24.7. The van der Waals surface area contributed by atoms with Crippen LogP contribution in [0.15, 0.2) is 100 Å². The van der Waals surface area contributed by atoms with E-state index in [2.05, 4.69) is 12.2 Å². The second-order valence-electron chi connectivity index (χ2n) is 11.1. The van der Waals surface area contributed by atoms with E-state index in [0.29, 0.717) is 66.0 Å². The maximum atomic E-state index is 13.6. The number of amides is 1. The van der Waals surface area contributed by atoms with Crippen LogP contribution in [0.4, 0.5) is 5.69 Å². The highest BCUT2D eigenvalue weighted by atomic mass is 32.2. The fourth-order valence-corrected chi connectivity index (χ4v) is 7.48. The predicted octanol–water partition coefficient (Wildman–Crippen LogP) is 5.99. The van der Waals surface area contributed by atoms with Crippen molar-refractivity contribution >= 4 is 60.2 Å². The average Bonchev–Trinajstić information content (AvgIpc) is 3.62. The first-order valence-corrected chi connectivity index (χ1v) is 16.3. The number of anilines is 1. The molecule has 0 radical (unpaired) electrons. The lowest BCUT2D eigenvalue weighted by Crippen LogP contribution is -2.40. The monoisotopic (exact) mass is 621 g/mol. The summed E-state index contributed by atoms with van der Waals surface area (Å²) in [6, 6.07) is 25.7. The van der Waals surface area contributed by atoms with Gasteiger partial charge in [0.25, 0.3) is 11.7 Å². The number of fused-ring (bicyclic) bond motifs is 4. The van der Waals surface area contributed by atoms with Gasteiger partial charge in [-0.25, -0.2) is 8.42 Å². The molecule has 1 saturated heterocycles. The zero-order valence-corrected chi connectivity index (χ0v) is 25.5. The molecule has 1 fully saturated rings. The van der Waals surface area contributed by atoms with Crippen LogP contribution >= 0.6 is 0 Å². The lowest BCUT2D eigenvalue weighted by atomic mass is 10.0. The molecule has 0 bridgehead atoms. The smallest absolute Gasteiger partial charge is 0.296 e. The maximum Gasteiger partial charge on any atom is 0.296 e. The molecule has 2 aromatic heterocycles. The normalized spacial score (nSPS) is 14.3. The number of carbonyl (C=O) groups excluding carboxylic acids is 2. The highest BCUT2D eigenvalue weighted by Gasteiger charge is 2.27. The van der Waals surface area contributed by atoms with Gasteiger partial charge in [-0.3, -0.25) is 9.59 Å². The van der Waals surface area contributed by atoms with Crippen molar-refractivity contribution in [2.45, 2.75) is 24.8 Å². The van der Waals surface area contributed by atoms with E-state index in [9.17, 15) is 18.0 Å². The molecule has 9 nitrogen and oxygen atoms in total. The zero-order chi connectivity index (χ0) is 31.1. The van der Waals surface area contributed by atoms with Gasteiger partial charge in [0, 0.05) is 53.7 Å². The SMILES string of the molecule is CCc1cccc2c(C(=O)C(=O)Nc3ccc4c(c3)oc3ccc(S(=O)(=O)N5CCOCC5)cc34)cn(Cc3ccccc3)c12. The van der Waals surface area contributed by atoms with Crippen molar-refractivity contribution in [3.8, 4) is 0 Å². The Bertz CT molecular complexity index is 2200. The summed E-state index contributed by atoms with van der Waals surface area (Å²) in [5, 5.41) is 4.82. The third-order valence-electron chi connectivity index (χ3n) is 8.32. The number of ether oxygens (including phenoxy) is 1. The van der Waals surface area contributed by atoms with Crippen LogP contribution in [-0.2, 0) is 32.5 Å². The van der Waals surface area contributed by atoms with E-state index in [1.165, 1.54) is 10.4 Å². The molecule has 3 heterocycles. The summed E-state index contributed by atoms with van der Waals surface area (Å²) in [6.07, 6.45) is 2.55. The fourth-order valence-electron chi connectivity index (χ4n) is 6.05. The van der Waals surface area contributed by atoms with Crippen molar-refractivity contribution in [3.63, 3.8) is 0 Å². The first-order chi connectivity index (χ1) is 21.8. The largest absolute Gasteiger partial charge is 0.456 e. The molecular weight excluding hydrogens is 590 g/mol. The summed E-state index contributed by atoms with van der Waals surface area (Å²) in [5.74, 6) is -1.40. The summed E-state index contributed by atoms with van der Waals surface area (Å²) in [6.45, 7) is 3.98. The van der Waals surface area contributed by atoms with E-state index in [0.717, 1.165) is 28.5 Å². The Morgan fingerprint density at radius 2 is 1.64 bits per heavy atom. The van der Waals surface area contributed by atoms with Gasteiger partial charge < -0.3 is 19.0 Å². The minimum absolute atomic E-state index is 0.181. The van der Waals surface area contributed by atoms with Crippen LogP contribution in [0.1, 0.15) is 28.4 Å². The Kier molecular flexibility index (Phi) is 7.48. The summed E-state index contributed by atoms with van der Waals surface area (Å²) < 4.78 is 41.2. The first-order valence-electron chi connectivity index (χ1n) is 14.9. The van der Waals surface area contributed by atoms with E-state index in [1.54, 1.807) is 36.5 Å². The maximum absolute atomic E-state index is 13.6. The molecule has 10 heteroatoms. The van der Waals surface area contributed by atoms with E-state index in [1.807, 2.05) is 53.1 Å². The standard InChI is InChI=1S/C35H31N3O6S/c1-2-24-9-6-10-28-30(22-37(33(24)28)21-23-7-4-3-5-8-23)34(39)35(40)36-25-11-13-27-29-20-26(12-14-31(29)44-32(27)19-25)45(41,42)38-15-17-43-18-16-38/h3-14,19-20,22H,2,15-18,21H2,1H3,(H,36,40). The Balaban J connectivity index is 1.17. The van der Waals surface area contributed by atoms with Gasteiger partial charge in [-0.1, -0.05) is 55.5 Å². The number of sulfonamides is 1. The van der Waals surface area contributed by atoms with E-state index in [-0.39, 0.29) is 4.90 Å². The molecule has 45 heavy (non-hydrogen) atoms. The summed E-state index contributed by atoms with van der Waals surface area (Å²) in [4.78, 5) is 27.1. The van der Waals surface area contributed by atoms with Crippen LogP contribution < -0.4 is 5.32 Å². The number of para-hydroxylation sites is 1. The molecule has 0 unspecified atom stereocenters. The summed E-state index contributed by atoms with van der Waals surface area (Å²) >= 11 is 0. The van der Waals surface area contributed by atoms with Crippen LogP contribution in [0, 0.1) is 0 Å². The number of Topliss-reactive ketones (excluding diaryl/α,β-unsaturated/α-hetero) is 1. The minimum Gasteiger partial charge on any atom is -0.456 e. The molecule has 1 amide bonds. The first kappa shape index (κ1) is 29.0. The number of carbonyl (C=O) groups is 2. The molecule has 0 spiro atoms. The Morgan fingerprint density at radius 3 is 2.42 bits per heavy atom. The van der Waals surface area contributed by atoms with Crippen molar-refractivity contribution in [2.75, 3.05) is 31.6 Å². The fraction of sp³-hybridized carbons (Fsp3) is 0.200. The number of hydrogen-bond acceptors (Lipinski definition) is 6. The second-order valence-corrected chi connectivity index (χ2v) is 13.0. The molecule has 228 valence electrons. The number of hydrogen-bond donors (Lipinski definition) is 1. The molecule has 1 aliphatic heterocycles. The topological polar surface area (TPSA) is 111 Å². The van der Waals surface area contributed by atoms with E-state index in [4.69, 9.17) is 9.15 Å². The number of furan rings is 1. The molecule has 4 aromatic carbocycles. The predicted molar refractivity (Wildman–Crippen MR) is 173 cm³/mol. The highest BCUT2D eigenvalue weighted by Crippen LogP contribution is 2.33. The molecular formula is C35H31N3O6S. The number of ketones is 1. The van der Waals surface area contributed by atoms with Crippen LogP contribution in [0.5, 0.6) is 0 Å². The number of aromatic nitrogens is 1. The quantitative estimate of drug-likeness (QED) is 0.165. The number of benzene rings is 4. The number of nitrogens with one attached hydrogen (secondary N) is 1. The number of morpholine rings is 1. The van der Waals surface area contributed by atoms with Gasteiger partial charge in [0.2, 0.25) is 10.0 Å². The lowest BCUT2D eigenvalue weighted by Gasteiger charge is -2.26. The van der Waals surface area contributed by atoms with E-state index >= 15 is 0 Å². The van der Waals surface area contributed by atoms with E-state index < -0.39 is 21.7 Å². The van der Waals surface area contributed by atoms with Crippen LogP contribution in [-0.4, -0.2) is 55.3 Å². The molecule has 7 rings (SSSR count). The Labute approximate surface area is 260 Å². The average molecular weight is 622 g/mol. The van der Waals surface area contributed by atoms with Crippen molar-refractivity contribution in [2.24, 2.45) is 0 Å². The summed E-state index contributed by atoms with van der Waals surface area (Å²) in [7, 11) is -3.68. The third kappa shape index (κ3) is 5.31. The number of nitrogens with zero attached hydrogens (tertiary/aromatic N) is 2. The van der Waals surface area contributed by atoms with Gasteiger partial charge in [-0.15, -0.1) is 0 Å². The molecule has 0 atom stereocenters. The van der Waals surface area contributed by atoms with Crippen molar-refractivity contribution < 1.29 is 27.2 Å². The molecule has 0 aliphatic carbocycles. The second kappa shape index (κ2) is 11.6. The molecule has 6 aromatic rings. The van der Waals surface area contributed by atoms with Crippen LogP contribution in [0.3, 0.4) is 0 Å². The van der Waals surface area contributed by atoms with Crippen LogP contribution in [0.25, 0.3) is 32.8 Å². The van der Waals surface area contributed by atoms with Gasteiger partial charge in [0.1, 0.15) is 11.2 Å². The van der Waals surface area contributed by atoms with Gasteiger partial charge >= 0.3 is 0 Å². The van der Waals surface area contributed by atoms with Crippen molar-refractivity contribution in [1.29, 1.82) is 0 Å². The summed E-state index contributed by atoms with van der Waals surface area (Å²) in [5.41, 5.74) is 4.84. The Morgan fingerprint density at radius 1 is 0.844 bits per heavy atom. The van der Waals surface area contributed by atoms with Gasteiger partial charge in [0.15, 0.2) is 0 Å². The highest BCUT2D eigenvalue weighted by molar-refractivity contribution is 7.89. The van der Waals surface area contributed by atoms with Crippen molar-refractivity contribution in [3.05, 3.63) is 108 Å². The van der Waals surface area contributed by atoms with Crippen molar-refractivity contribution in [1.82, 2.24) is 8.87 Å². The number of aryl methyl sites for hydroxylation is 1.